The Labute approximate surface area is 310 Å². The van der Waals surface area contributed by atoms with Gasteiger partial charge in [-0.1, -0.05) is 0 Å². The molecule has 0 radical (unpaired) electrons. The Bertz CT molecular complexity index is 1810. The molecule has 0 fully saturated rings. The molecule has 19 nitrogen and oxygen atoms in total. The van der Waals surface area contributed by atoms with Gasteiger partial charge in [0, 0.05) is 0 Å². The van der Waals surface area contributed by atoms with E-state index < -0.39 is 104 Å². The highest BCUT2D eigenvalue weighted by Gasteiger charge is 2.41. The number of amides is 4. The second kappa shape index (κ2) is 15.7. The molecule has 0 unspecified atom stereocenters. The number of hydrogen-bond acceptors (Lipinski definition) is 16. The van der Waals surface area contributed by atoms with Crippen LogP contribution in [-0.4, -0.2) is 88.6 Å². The lowest BCUT2D eigenvalue weighted by atomic mass is 10.2. The van der Waals surface area contributed by atoms with Crippen LogP contribution >= 0.6 is 11.8 Å². The molecule has 2 aromatic rings. The Morgan fingerprint density at radius 2 is 1.00 bits per heavy atom. The van der Waals surface area contributed by atoms with Crippen molar-refractivity contribution in [3.63, 3.8) is 0 Å². The number of imide groups is 2. The SMILES string of the molecule is CC(C)(C)OC(=O)N(C(=O)OC(C)(C)C)c1nc(N(C(=O)OC(C)(C)C)C(=O)OC(C)(C)C)c2c(=O)n(C(=O)OC(C)(C)C)c(=O)n(CSCO)c2n1. The number of hydrogen-bond donors (Lipinski definition) is 1. The number of nitrogens with zero attached hydrogens (tertiary/aromatic N) is 6. The molecule has 0 spiro atoms. The number of anilines is 2. The first-order chi connectivity index (χ1) is 23.8. The lowest BCUT2D eigenvalue weighted by molar-refractivity contribution is 0.0411. The van der Waals surface area contributed by atoms with E-state index in [-0.39, 0.29) is 14.4 Å². The number of aromatic nitrogens is 4. The zero-order valence-electron chi connectivity index (χ0n) is 32.9. The Balaban J connectivity index is 3.42. The molecule has 0 bridgehead atoms. The minimum absolute atomic E-state index is 0.0833. The van der Waals surface area contributed by atoms with Crippen LogP contribution < -0.4 is 21.0 Å². The summed E-state index contributed by atoms with van der Waals surface area (Å²) in [6.07, 6.45) is -7.14. The Morgan fingerprint density at radius 3 is 1.36 bits per heavy atom. The van der Waals surface area contributed by atoms with Crippen molar-refractivity contribution in [2.75, 3.05) is 15.7 Å². The first-order valence-corrected chi connectivity index (χ1v) is 17.4. The molecule has 0 aliphatic rings. The minimum Gasteiger partial charge on any atom is -0.443 e. The van der Waals surface area contributed by atoms with Crippen molar-refractivity contribution in [2.24, 2.45) is 0 Å². The molecular formula is C33H50N6O13S. The van der Waals surface area contributed by atoms with Gasteiger partial charge in [-0.05, 0) is 104 Å². The first kappa shape index (κ1) is 44.4. The Hall–Kier alpha value is -4.72. The summed E-state index contributed by atoms with van der Waals surface area (Å²) < 4.78 is 28.0. The zero-order valence-corrected chi connectivity index (χ0v) is 33.7. The summed E-state index contributed by atoms with van der Waals surface area (Å²) in [5.41, 5.74) is -9.67. The maximum Gasteiger partial charge on any atom is 0.427 e. The number of carbonyl (C=O) groups is 5. The Morgan fingerprint density at radius 1 is 0.623 bits per heavy atom. The minimum atomic E-state index is -1.47. The van der Waals surface area contributed by atoms with Crippen LogP contribution in [0.25, 0.3) is 11.0 Å². The predicted octanol–water partition coefficient (Wildman–Crippen LogP) is 5.73. The lowest BCUT2D eigenvalue weighted by Gasteiger charge is -2.30. The molecule has 2 aromatic heterocycles. The van der Waals surface area contributed by atoms with Crippen molar-refractivity contribution < 1.29 is 52.8 Å². The maximum atomic E-state index is 14.4. The van der Waals surface area contributed by atoms with Gasteiger partial charge in [0.2, 0.25) is 5.95 Å². The second-order valence-corrected chi connectivity index (χ2v) is 17.4. The van der Waals surface area contributed by atoms with Crippen LogP contribution in [-0.2, 0) is 29.6 Å². The molecule has 296 valence electrons. The summed E-state index contributed by atoms with van der Waals surface area (Å²) in [5, 5.41) is 8.85. The van der Waals surface area contributed by atoms with Gasteiger partial charge in [-0.25, -0.2) is 28.8 Å². The quantitative estimate of drug-likeness (QED) is 0.283. The molecule has 0 saturated heterocycles. The zero-order chi connectivity index (χ0) is 41.2. The Kier molecular flexibility index (Phi) is 13.2. The molecular weight excluding hydrogens is 720 g/mol. The van der Waals surface area contributed by atoms with E-state index >= 15 is 0 Å². The van der Waals surface area contributed by atoms with E-state index in [0.29, 0.717) is 16.3 Å². The van der Waals surface area contributed by atoms with Gasteiger partial charge in [-0.15, -0.1) is 16.7 Å². The first-order valence-electron chi connectivity index (χ1n) is 16.3. The molecule has 1 N–H and O–H groups in total. The van der Waals surface area contributed by atoms with Crippen LogP contribution in [0.15, 0.2) is 9.59 Å². The number of thioether (sulfide) groups is 1. The third-order valence-corrected chi connectivity index (χ3v) is 6.18. The van der Waals surface area contributed by atoms with Gasteiger partial charge in [0.05, 0.1) is 11.8 Å². The molecule has 4 amide bonds. The van der Waals surface area contributed by atoms with E-state index in [9.17, 15) is 38.7 Å². The molecule has 53 heavy (non-hydrogen) atoms. The van der Waals surface area contributed by atoms with Crippen LogP contribution in [0.2, 0.25) is 0 Å². The van der Waals surface area contributed by atoms with Crippen molar-refractivity contribution >= 4 is 65.0 Å². The molecule has 20 heteroatoms. The van der Waals surface area contributed by atoms with E-state index in [4.69, 9.17) is 23.7 Å². The topological polar surface area (TPSA) is 228 Å². The number of rotatable bonds is 5. The van der Waals surface area contributed by atoms with Crippen LogP contribution in [0.3, 0.4) is 0 Å². The van der Waals surface area contributed by atoms with Gasteiger partial charge in [0.25, 0.3) is 5.56 Å². The van der Waals surface area contributed by atoms with Gasteiger partial charge in [0.15, 0.2) is 11.5 Å². The van der Waals surface area contributed by atoms with Gasteiger partial charge in [0.1, 0.15) is 33.4 Å². The van der Waals surface area contributed by atoms with Crippen LogP contribution in [0, 0.1) is 0 Å². The summed E-state index contributed by atoms with van der Waals surface area (Å²) in [6, 6.07) is 0. The highest BCUT2D eigenvalue weighted by Crippen LogP contribution is 2.30. The fourth-order valence-electron chi connectivity index (χ4n) is 3.92. The summed E-state index contributed by atoms with van der Waals surface area (Å²) in [5.74, 6) is -3.00. The number of fused-ring (bicyclic) bond motifs is 1. The summed E-state index contributed by atoms with van der Waals surface area (Å²) in [6.45, 7) is 22.3. The van der Waals surface area contributed by atoms with Crippen molar-refractivity contribution in [2.45, 2.75) is 138 Å². The van der Waals surface area contributed by atoms with Crippen LogP contribution in [0.1, 0.15) is 104 Å². The molecule has 0 aliphatic heterocycles. The normalized spacial score (nSPS) is 12.5. The van der Waals surface area contributed by atoms with Crippen LogP contribution in [0.5, 0.6) is 0 Å². The van der Waals surface area contributed by atoms with Gasteiger partial charge >= 0.3 is 36.2 Å². The molecule has 2 rings (SSSR count). The largest absolute Gasteiger partial charge is 0.443 e. The van der Waals surface area contributed by atoms with E-state index in [1.165, 1.54) is 104 Å². The predicted molar refractivity (Wildman–Crippen MR) is 194 cm³/mol. The van der Waals surface area contributed by atoms with E-state index in [1.54, 1.807) is 0 Å². The van der Waals surface area contributed by atoms with E-state index in [1.807, 2.05) is 0 Å². The third-order valence-electron chi connectivity index (χ3n) is 5.56. The van der Waals surface area contributed by atoms with E-state index in [0.717, 1.165) is 0 Å². The monoisotopic (exact) mass is 770 g/mol. The summed E-state index contributed by atoms with van der Waals surface area (Å²) in [4.78, 5) is 106. The summed E-state index contributed by atoms with van der Waals surface area (Å²) >= 11 is 0.712. The third kappa shape index (κ3) is 12.4. The van der Waals surface area contributed by atoms with Gasteiger partial charge < -0.3 is 28.8 Å². The lowest BCUT2D eigenvalue weighted by Crippen LogP contribution is -2.49. The molecule has 0 saturated carbocycles. The highest BCUT2D eigenvalue weighted by atomic mass is 32.2. The molecule has 0 aliphatic carbocycles. The average molecular weight is 771 g/mol. The molecule has 2 heterocycles. The van der Waals surface area contributed by atoms with Crippen LogP contribution in [0.4, 0.5) is 35.7 Å². The molecule has 0 aromatic carbocycles. The number of aliphatic hydroxyl groups excluding tert-OH is 1. The highest BCUT2D eigenvalue weighted by molar-refractivity contribution is 7.98. The van der Waals surface area contributed by atoms with E-state index in [2.05, 4.69) is 9.97 Å². The fraction of sp³-hybridized carbons (Fsp3) is 0.667. The molecule has 0 atom stereocenters. The average Bonchev–Trinajstić information content (AvgIpc) is 2.87. The number of carbonyl (C=O) groups excluding carboxylic acids is 5. The van der Waals surface area contributed by atoms with Crippen molar-refractivity contribution in [1.29, 1.82) is 0 Å². The van der Waals surface area contributed by atoms with Crippen molar-refractivity contribution in [3.8, 4) is 0 Å². The fourth-order valence-corrected chi connectivity index (χ4v) is 4.41. The summed E-state index contributed by atoms with van der Waals surface area (Å²) in [7, 11) is 0. The smallest absolute Gasteiger partial charge is 0.427 e. The van der Waals surface area contributed by atoms with Gasteiger partial charge in [-0.2, -0.15) is 19.4 Å². The maximum absolute atomic E-state index is 14.4. The standard InChI is InChI=1S/C33H50N6O13S/c1-29(2,3)48-24(43)37(25(44)49-30(4,5)6)20-18-19(36(16-53-17-40)23(42)38(21(18)41)26(45)50-31(7,8)9)34-22(35-20)39(27(46)51-32(10,11)12)28(47)52-33(13,14)15/h40H,16-17H2,1-15H3. The second-order valence-electron chi connectivity index (χ2n) is 16.4. The van der Waals surface area contributed by atoms with Crippen molar-refractivity contribution in [1.82, 2.24) is 19.1 Å². The van der Waals surface area contributed by atoms with Gasteiger partial charge in [-0.3, -0.25) is 9.36 Å². The number of ether oxygens (including phenoxy) is 5. The number of aliphatic hydroxyl groups is 1. The van der Waals surface area contributed by atoms with Crippen molar-refractivity contribution in [3.05, 3.63) is 20.8 Å².